The van der Waals surface area contributed by atoms with Gasteiger partial charge in [-0.1, -0.05) is 12.6 Å². The summed E-state index contributed by atoms with van der Waals surface area (Å²) in [6.45, 7) is 6.90. The van der Waals surface area contributed by atoms with Crippen LogP contribution in [0.3, 0.4) is 0 Å². The number of amides is 1. The highest BCUT2D eigenvalue weighted by molar-refractivity contribution is 7.92. The van der Waals surface area contributed by atoms with Crippen molar-refractivity contribution in [3.05, 3.63) is 60.3 Å². The molecule has 1 aromatic heterocycles. The van der Waals surface area contributed by atoms with Gasteiger partial charge in [-0.25, -0.2) is 13.4 Å². The van der Waals surface area contributed by atoms with Crippen molar-refractivity contribution >= 4 is 27.4 Å². The van der Waals surface area contributed by atoms with Gasteiger partial charge in [-0.05, 0) is 50.2 Å². The van der Waals surface area contributed by atoms with Crippen molar-refractivity contribution in [1.82, 2.24) is 4.98 Å². The number of aryl methyl sites for hydroxylation is 1. The Hall–Kier alpha value is -2.67. The zero-order valence-corrected chi connectivity index (χ0v) is 13.6. The highest BCUT2D eigenvalue weighted by Crippen LogP contribution is 2.17. The first-order valence-corrected chi connectivity index (χ1v) is 8.30. The molecule has 23 heavy (non-hydrogen) atoms. The normalized spacial score (nSPS) is 10.9. The molecule has 1 aromatic carbocycles. The summed E-state index contributed by atoms with van der Waals surface area (Å²) in [4.78, 5) is 15.7. The number of nitrogens with one attached hydrogen (secondary N) is 2. The van der Waals surface area contributed by atoms with Gasteiger partial charge in [0.2, 0.25) is 0 Å². The Labute approximate surface area is 135 Å². The first-order chi connectivity index (χ1) is 10.8. The van der Waals surface area contributed by atoms with Crippen molar-refractivity contribution in [3.8, 4) is 0 Å². The van der Waals surface area contributed by atoms with E-state index in [0.717, 1.165) is 0 Å². The molecule has 0 aliphatic heterocycles. The molecule has 120 valence electrons. The Balaban J connectivity index is 2.17. The third-order valence-electron chi connectivity index (χ3n) is 2.94. The molecule has 0 atom stereocenters. The van der Waals surface area contributed by atoms with Gasteiger partial charge in [-0.2, -0.15) is 0 Å². The Morgan fingerprint density at radius 3 is 2.35 bits per heavy atom. The molecular weight excluding hydrogens is 314 g/mol. The van der Waals surface area contributed by atoms with Crippen molar-refractivity contribution in [2.24, 2.45) is 0 Å². The van der Waals surface area contributed by atoms with Gasteiger partial charge in [0.05, 0.1) is 4.90 Å². The number of pyridine rings is 1. The number of hydrogen-bond acceptors (Lipinski definition) is 4. The van der Waals surface area contributed by atoms with E-state index in [0.29, 0.717) is 17.0 Å². The molecule has 0 bridgehead atoms. The quantitative estimate of drug-likeness (QED) is 0.825. The van der Waals surface area contributed by atoms with Gasteiger partial charge >= 0.3 is 0 Å². The molecule has 2 rings (SSSR count). The number of hydrogen-bond donors (Lipinski definition) is 2. The number of nitrogens with zero attached hydrogens (tertiary/aromatic N) is 1. The Morgan fingerprint density at radius 2 is 1.78 bits per heavy atom. The lowest BCUT2D eigenvalue weighted by Crippen LogP contribution is -2.15. The topological polar surface area (TPSA) is 88.2 Å². The molecule has 7 heteroatoms. The van der Waals surface area contributed by atoms with Gasteiger partial charge in [0, 0.05) is 17.0 Å². The van der Waals surface area contributed by atoms with Crippen LogP contribution in [0.5, 0.6) is 0 Å². The lowest BCUT2D eigenvalue weighted by molar-refractivity contribution is -0.112. The number of benzene rings is 1. The largest absolute Gasteiger partial charge is 0.322 e. The van der Waals surface area contributed by atoms with Crippen LogP contribution in [-0.2, 0) is 14.8 Å². The summed E-state index contributed by atoms with van der Waals surface area (Å²) in [5, 5.41) is 2.61. The summed E-state index contributed by atoms with van der Waals surface area (Å²) >= 11 is 0. The van der Waals surface area contributed by atoms with Crippen LogP contribution in [-0.4, -0.2) is 19.3 Å². The van der Waals surface area contributed by atoms with Gasteiger partial charge < -0.3 is 5.32 Å². The number of rotatable bonds is 5. The maximum atomic E-state index is 12.3. The predicted molar refractivity (Wildman–Crippen MR) is 89.7 cm³/mol. The average Bonchev–Trinajstić information content (AvgIpc) is 2.47. The van der Waals surface area contributed by atoms with Gasteiger partial charge in [-0.3, -0.25) is 9.52 Å². The first kappa shape index (κ1) is 16.7. The first-order valence-electron chi connectivity index (χ1n) is 6.81. The van der Waals surface area contributed by atoms with Crippen molar-refractivity contribution in [2.45, 2.75) is 18.7 Å². The van der Waals surface area contributed by atoms with E-state index in [4.69, 9.17) is 0 Å². The van der Waals surface area contributed by atoms with Crippen LogP contribution in [0.15, 0.2) is 59.5 Å². The van der Waals surface area contributed by atoms with Crippen LogP contribution < -0.4 is 10.0 Å². The molecular formula is C16H17N3O3S. The lowest BCUT2D eigenvalue weighted by Gasteiger charge is -2.09. The minimum Gasteiger partial charge on any atom is -0.322 e. The van der Waals surface area contributed by atoms with Crippen molar-refractivity contribution in [1.29, 1.82) is 0 Å². The second kappa shape index (κ2) is 6.62. The summed E-state index contributed by atoms with van der Waals surface area (Å²) in [7, 11) is -3.73. The molecule has 2 aromatic rings. The number of carbonyl (C=O) groups excluding carboxylic acids is 1. The summed E-state index contributed by atoms with van der Waals surface area (Å²) in [6.07, 6.45) is 0. The fourth-order valence-corrected chi connectivity index (χ4v) is 2.75. The molecule has 0 unspecified atom stereocenters. The van der Waals surface area contributed by atoms with Gasteiger partial charge in [0.15, 0.2) is 0 Å². The van der Waals surface area contributed by atoms with E-state index >= 15 is 0 Å². The van der Waals surface area contributed by atoms with Crippen molar-refractivity contribution in [2.75, 3.05) is 10.0 Å². The molecule has 6 nitrogen and oxygen atoms in total. The summed E-state index contributed by atoms with van der Waals surface area (Å²) in [5.74, 6) is -0.0626. The smallest absolute Gasteiger partial charge is 0.263 e. The molecule has 0 aliphatic carbocycles. The Bertz CT molecular complexity index is 843. The Morgan fingerprint density at radius 1 is 1.13 bits per heavy atom. The number of aromatic nitrogens is 1. The van der Waals surface area contributed by atoms with Crippen molar-refractivity contribution < 1.29 is 13.2 Å². The van der Waals surface area contributed by atoms with E-state index in [1.54, 1.807) is 32.0 Å². The van der Waals surface area contributed by atoms with Crippen molar-refractivity contribution in [3.63, 3.8) is 0 Å². The van der Waals surface area contributed by atoms with Crippen LogP contribution in [0.1, 0.15) is 12.6 Å². The minimum atomic E-state index is -3.73. The number of anilines is 2. The predicted octanol–water partition coefficient (Wildman–Crippen LogP) is 2.71. The molecule has 1 heterocycles. The van der Waals surface area contributed by atoms with Crippen LogP contribution >= 0.6 is 0 Å². The fraction of sp³-hybridized carbons (Fsp3) is 0.125. The van der Waals surface area contributed by atoms with Crippen LogP contribution in [0.25, 0.3) is 0 Å². The molecule has 0 saturated heterocycles. The second-order valence-corrected chi connectivity index (χ2v) is 6.71. The SMILES string of the molecule is C=C(C)C(=O)Nc1ccc(S(=O)(=O)Nc2cccc(C)n2)cc1. The number of sulfonamides is 1. The third kappa shape index (κ3) is 4.40. The highest BCUT2D eigenvalue weighted by atomic mass is 32.2. The average molecular weight is 331 g/mol. The third-order valence-corrected chi connectivity index (χ3v) is 4.31. The maximum Gasteiger partial charge on any atom is 0.263 e. The molecule has 0 radical (unpaired) electrons. The van der Waals surface area contributed by atoms with Gasteiger partial charge in [0.1, 0.15) is 5.82 Å². The van der Waals surface area contributed by atoms with E-state index in [1.165, 1.54) is 24.3 Å². The molecule has 2 N–H and O–H groups in total. The molecule has 0 fully saturated rings. The standard InChI is InChI=1S/C16H17N3O3S/c1-11(2)16(20)18-13-7-9-14(10-8-13)23(21,22)19-15-6-4-5-12(3)17-15/h4-10H,1H2,2-3H3,(H,17,19)(H,18,20). The van der Waals surface area contributed by atoms with E-state index < -0.39 is 10.0 Å². The minimum absolute atomic E-state index is 0.0779. The summed E-state index contributed by atoms with van der Waals surface area (Å²) in [6, 6.07) is 10.9. The second-order valence-electron chi connectivity index (χ2n) is 5.03. The van der Waals surface area contributed by atoms with Gasteiger partial charge in [0.25, 0.3) is 15.9 Å². The zero-order valence-electron chi connectivity index (χ0n) is 12.8. The maximum absolute atomic E-state index is 12.3. The van der Waals surface area contributed by atoms with Crippen LogP contribution in [0, 0.1) is 6.92 Å². The van der Waals surface area contributed by atoms with E-state index in [1.807, 2.05) is 0 Å². The molecule has 0 spiro atoms. The fourth-order valence-electron chi connectivity index (χ4n) is 1.75. The van der Waals surface area contributed by atoms with Gasteiger partial charge in [-0.15, -0.1) is 0 Å². The van der Waals surface area contributed by atoms with Crippen LogP contribution in [0.4, 0.5) is 11.5 Å². The summed E-state index contributed by atoms with van der Waals surface area (Å²) < 4.78 is 27.0. The molecule has 0 aliphatic rings. The van der Waals surface area contributed by atoms with E-state index in [2.05, 4.69) is 21.6 Å². The zero-order chi connectivity index (χ0) is 17.0. The number of carbonyl (C=O) groups is 1. The lowest BCUT2D eigenvalue weighted by atomic mass is 10.3. The molecule has 0 saturated carbocycles. The Kier molecular flexibility index (Phi) is 4.80. The monoisotopic (exact) mass is 331 g/mol. The van der Waals surface area contributed by atoms with Crippen LogP contribution in [0.2, 0.25) is 0 Å². The highest BCUT2D eigenvalue weighted by Gasteiger charge is 2.15. The van der Waals surface area contributed by atoms with E-state index in [9.17, 15) is 13.2 Å². The summed E-state index contributed by atoms with van der Waals surface area (Å²) in [5.41, 5.74) is 1.57. The molecule has 1 amide bonds. The van der Waals surface area contributed by atoms with E-state index in [-0.39, 0.29) is 16.6 Å².